The van der Waals surface area contributed by atoms with Crippen molar-refractivity contribution in [3.63, 3.8) is 0 Å². The van der Waals surface area contributed by atoms with Gasteiger partial charge in [0, 0.05) is 54.8 Å². The number of hydrogen-bond acceptors (Lipinski definition) is 3. The highest BCUT2D eigenvalue weighted by atomic mass is 28.3. The van der Waals surface area contributed by atoms with Crippen LogP contribution in [0.15, 0.2) is 290 Å². The Balaban J connectivity index is 1.14. The molecule has 0 saturated heterocycles. The van der Waals surface area contributed by atoms with Crippen molar-refractivity contribution in [1.82, 2.24) is 28.7 Å². The molecule has 8 heteroatoms. The van der Waals surface area contributed by atoms with Crippen LogP contribution in [0.4, 0.5) is 0 Å². The molecule has 0 fully saturated rings. The smallest absolute Gasteiger partial charge is 0.238 e. The minimum absolute atomic E-state index is 0.540. The molecule has 83 heavy (non-hydrogen) atoms. The fraction of sp³-hybridized carbons (Fsp3) is 0. The van der Waals surface area contributed by atoms with E-state index >= 15 is 0 Å². The molecule has 2 aliphatic heterocycles. The summed E-state index contributed by atoms with van der Waals surface area (Å²) in [6, 6.07) is -59.1. The molecule has 0 N–H and O–H groups in total. The number of para-hydroxylation sites is 6. The Morgan fingerprint density at radius 2 is 0.578 bits per heavy atom. The van der Waals surface area contributed by atoms with Crippen molar-refractivity contribution in [3.8, 4) is 40.1 Å². The molecule has 6 nitrogen and oxygen atoms in total. The van der Waals surface area contributed by atoms with E-state index in [1.54, 1.807) is 0 Å². The van der Waals surface area contributed by atoms with E-state index < -0.39 is 453 Å². The van der Waals surface area contributed by atoms with Crippen molar-refractivity contribution in [2.45, 2.75) is 0 Å². The molecule has 6 heterocycles. The highest BCUT2D eigenvalue weighted by molar-refractivity contribution is 7.22. The van der Waals surface area contributed by atoms with E-state index in [2.05, 4.69) is 0 Å². The molecule has 0 amide bonds. The second-order valence-electron chi connectivity index (χ2n) is 18.6. The van der Waals surface area contributed by atoms with Gasteiger partial charge in [0.25, 0.3) is 0 Å². The molecule has 2 aliphatic rings. The summed E-state index contributed by atoms with van der Waals surface area (Å²) in [5.41, 5.74) is -10.2. The molecule has 0 radical (unpaired) electrons. The Hall–Kier alpha value is -10.5. The SMILES string of the molecule is [2H]c1c([2H])c([2H])c([Si]2(c3c([2H])c([2H])c([2H])c([2H])c3[2H])c3c([2H])c([2H])c(-c4nc(-c5c([2H])c([2H])c6c(c5[2H])-n5c7c([2H])c([2H])c([2H])c([2H])c7c7c([2H])c([2H])c([2H])c(c75)[Si]6(c5c([2H])c([2H])c([2H])c([2H])c5[2H])c5c([2H])c([2H])c([2H])c([2H])c5[2H])nc(-n5c6c([2H])c([2H])c([2H])c([2H])c6c6c([2H])c([2H])c([2H])c([2H])c65)n4)c([2H])c3-n3c4c([2H])c([2H])c([2H])c([2H])c4c4c([2H])c([2H])c([2H])c2c43)c([2H])c1[2H]. The van der Waals surface area contributed by atoms with Crippen LogP contribution >= 0.6 is 0 Å². The Labute approximate surface area is 547 Å². The molecule has 386 valence electrons. The number of aromatic nitrogens is 6. The fourth-order valence-corrected chi connectivity index (χ4v) is 19.8. The van der Waals surface area contributed by atoms with Crippen LogP contribution in [0, 0.1) is 0 Å². The van der Waals surface area contributed by atoms with Crippen LogP contribution in [-0.2, 0) is 0 Å². The lowest BCUT2D eigenvalue weighted by Gasteiger charge is -2.40. The Morgan fingerprint density at radius 1 is 0.265 bits per heavy atom. The maximum absolute atomic E-state index is 11.2. The Morgan fingerprint density at radius 3 is 0.952 bits per heavy atom. The zero-order valence-electron chi connectivity index (χ0n) is 89.2. The monoisotopic (exact) mass is 1140 g/mol. The summed E-state index contributed by atoms with van der Waals surface area (Å²) in [6.07, 6.45) is 0. The van der Waals surface area contributed by atoms with Crippen molar-refractivity contribution < 1.29 is 65.8 Å². The standard InChI is InChI=1S/C75H48N6Si2/c1-5-23-51(24-6-1)82(52-25-7-2-8-26-52)67-45-43-49(47-65(67)79-61-37-17-15-33-57(61)59-35-21-41-69(82)71(59)79)73-76-74(78-75(77-73)81-63-39-19-13-31-55(63)56-32-14-20-40-64(56)81)50-44-46-68-66(48-50)80-62-38-18-16-34-58(62)60-36-22-42-70(72(60)80)83(68,53-27-9-3-10-28-53)54-29-11-4-12-30-54/h1-48H/i1D,2D,3D,4D,5D,6D,7D,8D,9D,10D,11D,12D,13D,14D,15D,16D,17D,18D,19D,20D,21D,22D,23D,24D,25D,26D,27D,28D,29D,30D,31D,32D,33D,34D,35D,36D,37D,38D,39D,40D,41D,42D,43D,44D,45D,46D,47D,48D. The summed E-state index contributed by atoms with van der Waals surface area (Å²) in [7, 11) is -13.1. The second-order valence-corrected chi connectivity index (χ2v) is 25.6. The first-order valence-electron chi connectivity index (χ1n) is 48.6. The van der Waals surface area contributed by atoms with Crippen LogP contribution in [-0.4, -0.2) is 44.8 Å². The van der Waals surface area contributed by atoms with E-state index in [1.165, 1.54) is 0 Å². The van der Waals surface area contributed by atoms with Gasteiger partial charge in [0.1, 0.15) is 0 Å². The summed E-state index contributed by atoms with van der Waals surface area (Å²) < 4.78 is 467. The normalized spacial score (nSPS) is 21.8. The minimum Gasteiger partial charge on any atom is -0.309 e. The quantitative estimate of drug-likeness (QED) is 0.149. The lowest BCUT2D eigenvalue weighted by Crippen LogP contribution is -2.76. The molecule has 0 saturated carbocycles. The predicted octanol–water partition coefficient (Wildman–Crippen LogP) is 11.9. The van der Waals surface area contributed by atoms with Crippen LogP contribution in [0.1, 0.15) is 65.8 Å². The summed E-state index contributed by atoms with van der Waals surface area (Å²) in [5.74, 6) is -4.05. The van der Waals surface area contributed by atoms with Crippen LogP contribution in [0.5, 0.6) is 0 Å². The van der Waals surface area contributed by atoms with E-state index in [4.69, 9.17) is 28.7 Å². The molecule has 0 aliphatic carbocycles. The lowest BCUT2D eigenvalue weighted by atomic mass is 10.1. The number of benzene rings is 12. The van der Waals surface area contributed by atoms with E-state index in [1.807, 2.05) is 0 Å². The maximum Gasteiger partial charge on any atom is 0.238 e. The highest BCUT2D eigenvalue weighted by Crippen LogP contribution is 2.40. The molecule has 16 aromatic rings. The van der Waals surface area contributed by atoms with Gasteiger partial charge in [-0.3, -0.25) is 4.57 Å². The largest absolute Gasteiger partial charge is 0.309 e. The van der Waals surface area contributed by atoms with Crippen LogP contribution in [0.25, 0.3) is 106 Å². The topological polar surface area (TPSA) is 53.5 Å². The Kier molecular flexibility index (Phi) is 4.13. The van der Waals surface area contributed by atoms with Gasteiger partial charge in [0.05, 0.1) is 98.9 Å². The molecule has 12 aromatic carbocycles. The third kappa shape index (κ3) is 6.22. The molecular formula is C75H48N6Si2. The molecule has 0 spiro atoms. The van der Waals surface area contributed by atoms with Gasteiger partial charge in [-0.2, -0.15) is 9.97 Å². The fourth-order valence-electron chi connectivity index (χ4n) is 11.6. The zero-order valence-corrected chi connectivity index (χ0v) is 43.2. The van der Waals surface area contributed by atoms with Crippen molar-refractivity contribution >= 4 is 123 Å². The zero-order chi connectivity index (χ0) is 96.2. The van der Waals surface area contributed by atoms with Gasteiger partial charge < -0.3 is 9.13 Å². The second kappa shape index (κ2) is 17.5. The first-order chi connectivity index (χ1) is 61.1. The van der Waals surface area contributed by atoms with Gasteiger partial charge in [0.2, 0.25) is 5.95 Å². The maximum atomic E-state index is 11.2. The number of rotatable bonds is 7. The molecular weight excluding hydrogens is 1040 g/mol. The molecule has 0 bridgehead atoms. The van der Waals surface area contributed by atoms with Gasteiger partial charge in [0.15, 0.2) is 27.8 Å². The number of nitrogens with zero attached hydrogens (tertiary/aromatic N) is 6. The van der Waals surface area contributed by atoms with Gasteiger partial charge in [-0.25, -0.2) is 4.98 Å². The van der Waals surface area contributed by atoms with E-state index in [0.29, 0.717) is 13.7 Å². The van der Waals surface area contributed by atoms with Crippen LogP contribution in [0.2, 0.25) is 0 Å². The van der Waals surface area contributed by atoms with E-state index in [-0.39, 0.29) is 0 Å². The van der Waals surface area contributed by atoms with Crippen LogP contribution < -0.4 is 41.5 Å². The van der Waals surface area contributed by atoms with E-state index in [9.17, 15) is 52.1 Å². The summed E-state index contributed by atoms with van der Waals surface area (Å²) >= 11 is 0. The van der Waals surface area contributed by atoms with Gasteiger partial charge >= 0.3 is 0 Å². The first kappa shape index (κ1) is 19.6. The van der Waals surface area contributed by atoms with Gasteiger partial charge in [-0.05, 0) is 77.7 Å². The molecule has 4 aromatic heterocycles. The minimum atomic E-state index is -6.56. The molecule has 18 rings (SSSR count). The van der Waals surface area contributed by atoms with Gasteiger partial charge in [-0.1, -0.05) is 254 Å². The third-order valence-electron chi connectivity index (χ3n) is 14.8. The predicted molar refractivity (Wildman–Crippen MR) is 348 cm³/mol. The number of fused-ring (bicyclic) bond motifs is 13. The van der Waals surface area contributed by atoms with Crippen molar-refractivity contribution in [1.29, 1.82) is 0 Å². The third-order valence-corrected chi connectivity index (χ3v) is 23.2. The van der Waals surface area contributed by atoms with Gasteiger partial charge in [-0.15, -0.1) is 0 Å². The lowest BCUT2D eigenvalue weighted by molar-refractivity contribution is 0.953. The average Bonchev–Trinajstić information content (AvgIpc) is 1.51. The van der Waals surface area contributed by atoms with Crippen molar-refractivity contribution in [3.05, 3.63) is 290 Å². The van der Waals surface area contributed by atoms with Crippen LogP contribution in [0.3, 0.4) is 0 Å². The summed E-state index contributed by atoms with van der Waals surface area (Å²) in [5, 5.41) is -13.5. The van der Waals surface area contributed by atoms with Crippen molar-refractivity contribution in [2.75, 3.05) is 0 Å². The molecule has 0 atom stereocenters. The average molecular weight is 1140 g/mol. The first-order valence-corrected chi connectivity index (χ1v) is 28.6. The van der Waals surface area contributed by atoms with Crippen molar-refractivity contribution in [2.24, 2.45) is 0 Å². The Bertz CT molecular complexity index is 7620. The molecule has 0 unspecified atom stereocenters. The summed E-state index contributed by atoms with van der Waals surface area (Å²) in [4.78, 5) is 14.2. The van der Waals surface area contributed by atoms with E-state index in [0.717, 1.165) is 0 Å². The summed E-state index contributed by atoms with van der Waals surface area (Å²) in [6.45, 7) is 0. The highest BCUT2D eigenvalue weighted by Gasteiger charge is 2.49. The number of hydrogen-bond donors (Lipinski definition) is 0.